The largest absolute Gasteiger partial charge is 0.488 e. The summed E-state index contributed by atoms with van der Waals surface area (Å²) in [5.41, 5.74) is 2.06. The summed E-state index contributed by atoms with van der Waals surface area (Å²) in [6, 6.07) is 13.6. The molecule has 2 aliphatic rings. The van der Waals surface area contributed by atoms with Crippen molar-refractivity contribution in [3.05, 3.63) is 53.6 Å². The van der Waals surface area contributed by atoms with Gasteiger partial charge in [-0.05, 0) is 29.3 Å². The number of rotatable bonds is 5. The zero-order valence-electron chi connectivity index (χ0n) is 12.7. The number of ether oxygens (including phenoxy) is 3. The molecular formula is C18H19NO4. The van der Waals surface area contributed by atoms with E-state index in [4.69, 9.17) is 14.2 Å². The topological polar surface area (TPSA) is 60.0 Å². The first-order valence-corrected chi connectivity index (χ1v) is 7.82. The van der Waals surface area contributed by atoms with Crippen molar-refractivity contribution in [2.24, 2.45) is 0 Å². The fourth-order valence-corrected chi connectivity index (χ4v) is 2.99. The molecule has 5 heteroatoms. The van der Waals surface area contributed by atoms with E-state index in [1.807, 2.05) is 36.4 Å². The Morgan fingerprint density at radius 1 is 1.09 bits per heavy atom. The number of fused-ring (bicyclic) bond motifs is 2. The van der Waals surface area contributed by atoms with Gasteiger partial charge in [0, 0.05) is 19.5 Å². The fraction of sp³-hybridized carbons (Fsp3) is 0.333. The predicted octanol–water partition coefficient (Wildman–Crippen LogP) is 2.04. The second-order valence-corrected chi connectivity index (χ2v) is 5.84. The average molecular weight is 313 g/mol. The molecule has 0 saturated heterocycles. The lowest BCUT2D eigenvalue weighted by Crippen LogP contribution is -2.32. The lowest BCUT2D eigenvalue weighted by Gasteiger charge is -2.15. The van der Waals surface area contributed by atoms with Crippen molar-refractivity contribution in [3.63, 3.8) is 0 Å². The Balaban J connectivity index is 1.28. The quantitative estimate of drug-likeness (QED) is 0.884. The van der Waals surface area contributed by atoms with E-state index in [1.54, 1.807) is 0 Å². The van der Waals surface area contributed by atoms with Crippen molar-refractivity contribution in [1.29, 1.82) is 0 Å². The van der Waals surface area contributed by atoms with Crippen molar-refractivity contribution >= 4 is 0 Å². The summed E-state index contributed by atoms with van der Waals surface area (Å²) in [5, 5.41) is 13.6. The monoisotopic (exact) mass is 313 g/mol. The third kappa shape index (κ3) is 2.98. The molecule has 0 radical (unpaired) electrons. The van der Waals surface area contributed by atoms with Crippen molar-refractivity contribution in [1.82, 2.24) is 5.32 Å². The highest BCUT2D eigenvalue weighted by atomic mass is 16.7. The van der Waals surface area contributed by atoms with Crippen molar-refractivity contribution < 1.29 is 19.3 Å². The Morgan fingerprint density at radius 3 is 2.87 bits per heavy atom. The summed E-state index contributed by atoms with van der Waals surface area (Å²) < 4.78 is 16.5. The van der Waals surface area contributed by atoms with Gasteiger partial charge in [0.2, 0.25) is 6.79 Å². The Hall–Kier alpha value is -2.24. The maximum absolute atomic E-state index is 10.3. The molecule has 0 amide bonds. The molecule has 2 N–H and O–H groups in total. The molecule has 2 aliphatic heterocycles. The molecule has 23 heavy (non-hydrogen) atoms. The molecule has 0 unspecified atom stereocenters. The molecule has 0 aliphatic carbocycles. The molecule has 0 bridgehead atoms. The molecule has 2 heterocycles. The Labute approximate surface area is 134 Å². The third-order valence-electron chi connectivity index (χ3n) is 4.20. The number of nitrogens with one attached hydrogen (secondary N) is 1. The van der Waals surface area contributed by atoms with Crippen LogP contribution >= 0.6 is 0 Å². The van der Waals surface area contributed by atoms with Crippen LogP contribution in [0.1, 0.15) is 17.2 Å². The van der Waals surface area contributed by atoms with Gasteiger partial charge in [-0.3, -0.25) is 0 Å². The smallest absolute Gasteiger partial charge is 0.231 e. The SMILES string of the molecule is O[C@H](CNC[C@@H]1Cc2ccccc2O1)c1ccc2c(c1)OCO2. The average Bonchev–Trinajstić information content (AvgIpc) is 3.19. The van der Waals surface area contributed by atoms with Crippen molar-refractivity contribution in [3.8, 4) is 17.2 Å². The van der Waals surface area contributed by atoms with E-state index in [9.17, 15) is 5.11 Å². The van der Waals surface area contributed by atoms with E-state index in [0.717, 1.165) is 23.5 Å². The number of para-hydroxylation sites is 1. The normalized spacial score (nSPS) is 19.3. The van der Waals surface area contributed by atoms with Gasteiger partial charge in [-0.1, -0.05) is 24.3 Å². The van der Waals surface area contributed by atoms with Gasteiger partial charge < -0.3 is 24.6 Å². The summed E-state index contributed by atoms with van der Waals surface area (Å²) in [4.78, 5) is 0. The van der Waals surface area contributed by atoms with Crippen LogP contribution in [0.4, 0.5) is 0 Å². The minimum atomic E-state index is -0.590. The second-order valence-electron chi connectivity index (χ2n) is 5.84. The van der Waals surface area contributed by atoms with Gasteiger partial charge in [-0.25, -0.2) is 0 Å². The van der Waals surface area contributed by atoms with Gasteiger partial charge in [0.05, 0.1) is 6.10 Å². The molecule has 2 aromatic carbocycles. The molecule has 0 fully saturated rings. The fourth-order valence-electron chi connectivity index (χ4n) is 2.99. The zero-order valence-corrected chi connectivity index (χ0v) is 12.7. The predicted molar refractivity (Wildman–Crippen MR) is 85.0 cm³/mol. The van der Waals surface area contributed by atoms with Crippen molar-refractivity contribution in [2.75, 3.05) is 19.9 Å². The molecule has 0 aromatic heterocycles. The maximum atomic E-state index is 10.3. The van der Waals surface area contributed by atoms with E-state index >= 15 is 0 Å². The first-order valence-electron chi connectivity index (χ1n) is 7.82. The summed E-state index contributed by atoms with van der Waals surface area (Å²) in [6.45, 7) is 1.42. The van der Waals surface area contributed by atoms with E-state index in [2.05, 4.69) is 11.4 Å². The standard InChI is InChI=1S/C18H19NO4/c20-15(12-5-6-17-18(8-12)22-11-21-17)10-19-9-14-7-13-3-1-2-4-16(13)23-14/h1-6,8,14-15,19-20H,7,9-11H2/t14-,15+/m0/s1. The molecule has 0 saturated carbocycles. The molecule has 5 nitrogen and oxygen atoms in total. The molecule has 120 valence electrons. The number of aliphatic hydroxyl groups excluding tert-OH is 1. The lowest BCUT2D eigenvalue weighted by atomic mass is 10.1. The number of hydrogen-bond acceptors (Lipinski definition) is 5. The summed E-state index contributed by atoms with van der Waals surface area (Å²) in [6.07, 6.45) is 0.438. The van der Waals surface area contributed by atoms with Crippen molar-refractivity contribution in [2.45, 2.75) is 18.6 Å². The second kappa shape index (κ2) is 6.10. The highest BCUT2D eigenvalue weighted by Crippen LogP contribution is 2.34. The Morgan fingerprint density at radius 2 is 1.96 bits per heavy atom. The van der Waals surface area contributed by atoms with E-state index in [-0.39, 0.29) is 12.9 Å². The van der Waals surface area contributed by atoms with E-state index in [1.165, 1.54) is 5.56 Å². The van der Waals surface area contributed by atoms with Crippen LogP contribution in [0.15, 0.2) is 42.5 Å². The third-order valence-corrected chi connectivity index (χ3v) is 4.20. The molecule has 2 atom stereocenters. The van der Waals surface area contributed by atoms with Gasteiger partial charge in [0.1, 0.15) is 11.9 Å². The Bertz CT molecular complexity index is 678. The van der Waals surface area contributed by atoms with Gasteiger partial charge in [0.25, 0.3) is 0 Å². The Kier molecular flexibility index (Phi) is 3.81. The number of hydrogen-bond donors (Lipinski definition) is 2. The van der Waals surface area contributed by atoms with Crippen LogP contribution in [0.2, 0.25) is 0 Å². The summed E-state index contributed by atoms with van der Waals surface area (Å²) in [5.74, 6) is 2.39. The molecule has 4 rings (SSSR count). The highest BCUT2D eigenvalue weighted by Gasteiger charge is 2.22. The van der Waals surface area contributed by atoms with Gasteiger partial charge in [-0.2, -0.15) is 0 Å². The van der Waals surface area contributed by atoms with Crippen LogP contribution in [0.5, 0.6) is 17.2 Å². The van der Waals surface area contributed by atoms with Crippen LogP contribution < -0.4 is 19.5 Å². The van der Waals surface area contributed by atoms with E-state index < -0.39 is 6.10 Å². The lowest BCUT2D eigenvalue weighted by molar-refractivity contribution is 0.162. The number of aliphatic hydroxyl groups is 1. The van der Waals surface area contributed by atoms with Crippen LogP contribution in [-0.2, 0) is 6.42 Å². The number of benzene rings is 2. The highest BCUT2D eigenvalue weighted by molar-refractivity contribution is 5.45. The van der Waals surface area contributed by atoms with E-state index in [0.29, 0.717) is 18.8 Å². The first kappa shape index (κ1) is 14.4. The van der Waals surface area contributed by atoms with Crippen LogP contribution in [0.3, 0.4) is 0 Å². The van der Waals surface area contributed by atoms with Gasteiger partial charge in [0.15, 0.2) is 11.5 Å². The summed E-state index contributed by atoms with van der Waals surface area (Å²) in [7, 11) is 0. The zero-order chi connectivity index (χ0) is 15.6. The van der Waals surface area contributed by atoms with Crippen LogP contribution in [0.25, 0.3) is 0 Å². The van der Waals surface area contributed by atoms with Gasteiger partial charge in [-0.15, -0.1) is 0 Å². The first-order chi connectivity index (χ1) is 11.3. The maximum Gasteiger partial charge on any atom is 0.231 e. The minimum absolute atomic E-state index is 0.122. The molecule has 0 spiro atoms. The molecular weight excluding hydrogens is 294 g/mol. The van der Waals surface area contributed by atoms with Gasteiger partial charge >= 0.3 is 0 Å². The minimum Gasteiger partial charge on any atom is -0.488 e. The van der Waals surface area contributed by atoms with Crippen LogP contribution in [-0.4, -0.2) is 31.1 Å². The molecule has 2 aromatic rings. The summed E-state index contributed by atoms with van der Waals surface area (Å²) >= 11 is 0. The van der Waals surface area contributed by atoms with Crippen LogP contribution in [0, 0.1) is 0 Å².